The van der Waals surface area contributed by atoms with Gasteiger partial charge in [0.15, 0.2) is 6.61 Å². The second-order valence-corrected chi connectivity index (χ2v) is 15.5. The van der Waals surface area contributed by atoms with Crippen LogP contribution in [0.3, 0.4) is 0 Å². The Morgan fingerprint density at radius 3 is 2.40 bits per heavy atom. The normalized spacial score (nSPS) is 11.6. The number of amides is 2. The van der Waals surface area contributed by atoms with Crippen LogP contribution in [-0.4, -0.2) is 91.2 Å². The van der Waals surface area contributed by atoms with Crippen molar-refractivity contribution in [2.45, 2.75) is 37.6 Å². The van der Waals surface area contributed by atoms with Gasteiger partial charge >= 0.3 is 29.7 Å². The minimum absolute atomic E-state index is 0.0677. The summed E-state index contributed by atoms with van der Waals surface area (Å²) in [6, 6.07) is 13.6. The Balaban J connectivity index is 0.000000182. The number of ether oxygens (including phenoxy) is 3. The van der Waals surface area contributed by atoms with E-state index in [9.17, 15) is 27.6 Å². The van der Waals surface area contributed by atoms with Gasteiger partial charge < -0.3 is 24.4 Å². The molecule has 0 aliphatic carbocycles. The van der Waals surface area contributed by atoms with Gasteiger partial charge in [0.25, 0.3) is 10.0 Å². The number of aromatic nitrogens is 7. The van der Waals surface area contributed by atoms with Gasteiger partial charge in [-0.15, -0.1) is 11.5 Å². The molecule has 7 rings (SSSR count). The number of pyridine rings is 1. The number of carboxylic acid groups (broad SMARTS) is 2. The van der Waals surface area contributed by atoms with Crippen LogP contribution in [0, 0.1) is 19.3 Å². The summed E-state index contributed by atoms with van der Waals surface area (Å²) >= 11 is 18.3. The molecule has 1 aliphatic rings. The number of hydrogen-bond donors (Lipinski definition) is 4. The Morgan fingerprint density at radius 2 is 1.70 bits per heavy atom. The van der Waals surface area contributed by atoms with E-state index in [1.807, 2.05) is 0 Å². The molecule has 0 fully saturated rings. The molecule has 20 nitrogen and oxygen atoms in total. The van der Waals surface area contributed by atoms with Gasteiger partial charge in [-0.25, -0.2) is 32.3 Å². The molecule has 0 saturated carbocycles. The lowest BCUT2D eigenvalue weighted by Gasteiger charge is -2.10. The summed E-state index contributed by atoms with van der Waals surface area (Å²) in [4.78, 5) is 60.8. The van der Waals surface area contributed by atoms with Crippen LogP contribution >= 0.6 is 34.8 Å². The van der Waals surface area contributed by atoms with Crippen molar-refractivity contribution in [3.63, 3.8) is 0 Å². The number of carbonyl (C=O) groups is 3. The summed E-state index contributed by atoms with van der Waals surface area (Å²) in [7, 11) is -3.11. The summed E-state index contributed by atoms with van der Waals surface area (Å²) < 4.78 is 44.4. The van der Waals surface area contributed by atoms with Gasteiger partial charge in [-0.3, -0.25) is 14.9 Å². The summed E-state index contributed by atoms with van der Waals surface area (Å²) in [5, 5.41) is 26.0. The summed E-state index contributed by atoms with van der Waals surface area (Å²) in [5.74, 6) is 1.46. The second kappa shape index (κ2) is 21.2. The Kier molecular flexibility index (Phi) is 15.8. The van der Waals surface area contributed by atoms with Gasteiger partial charge in [-0.2, -0.15) is 19.6 Å². The van der Waals surface area contributed by atoms with Crippen LogP contribution in [0.2, 0.25) is 15.1 Å². The molecule has 0 unspecified atom stereocenters. The monoisotopic (exact) mass is 941 g/mol. The zero-order chi connectivity index (χ0) is 45.8. The van der Waals surface area contributed by atoms with Crippen LogP contribution in [0.25, 0.3) is 16.6 Å². The van der Waals surface area contributed by atoms with Gasteiger partial charge in [-0.1, -0.05) is 52.9 Å². The number of aryl methyl sites for hydroxylation is 2. The second-order valence-electron chi connectivity index (χ2n) is 12.6. The average Bonchev–Trinajstić information content (AvgIpc) is 3.58. The smallest absolute Gasteiger partial charge is 0.350 e. The molecule has 6 aromatic rings. The number of nitrogens with zero attached hydrogens (tertiary/aromatic N) is 7. The molecule has 328 valence electrons. The van der Waals surface area contributed by atoms with E-state index in [-0.39, 0.29) is 30.1 Å². The molecular formula is C39H34Cl3N9O11S. The number of sulfonamides is 1. The van der Waals surface area contributed by atoms with Crippen molar-refractivity contribution in [3.05, 3.63) is 110 Å². The first kappa shape index (κ1) is 47.1. The number of carboxylic acids is 2. The molecule has 3 aromatic heterocycles. The van der Waals surface area contributed by atoms with Crippen LogP contribution in [-0.2, 0) is 27.8 Å². The SMILES string of the molecule is C#CCOc1cc(-n2nc3n(c2=O)CCCC3)c(Cl)cc1Cl.COc1nc(C)nc(NC(=O)NS(=O)(=O)c2ccccc2C(=O)O)n1.O=C(O)COc1ccc(Cl)c2cccnc12. The fourth-order valence-electron chi connectivity index (χ4n) is 5.62. The quantitative estimate of drug-likeness (QED) is 0.118. The number of halogens is 3. The third-order valence-electron chi connectivity index (χ3n) is 8.31. The van der Waals surface area contributed by atoms with Crippen molar-refractivity contribution >= 4 is 79.6 Å². The minimum Gasteiger partial charge on any atom is -0.480 e. The lowest BCUT2D eigenvalue weighted by Crippen LogP contribution is -2.35. The van der Waals surface area contributed by atoms with Crippen molar-refractivity contribution < 1.29 is 47.2 Å². The zero-order valence-corrected chi connectivity index (χ0v) is 36.0. The maximum atomic E-state index is 12.5. The summed E-state index contributed by atoms with van der Waals surface area (Å²) in [6.07, 6.45) is 9.57. The van der Waals surface area contributed by atoms with Crippen molar-refractivity contribution in [1.29, 1.82) is 0 Å². The Hall–Kier alpha value is -6.99. The van der Waals surface area contributed by atoms with E-state index in [1.165, 1.54) is 36.9 Å². The van der Waals surface area contributed by atoms with Crippen LogP contribution in [0.5, 0.6) is 17.5 Å². The molecule has 1 aliphatic heterocycles. The Labute approximate surface area is 372 Å². The topological polar surface area (TPSA) is 269 Å². The largest absolute Gasteiger partial charge is 0.480 e. The van der Waals surface area contributed by atoms with Crippen molar-refractivity contribution in [2.75, 3.05) is 25.6 Å². The third-order valence-corrected chi connectivity index (χ3v) is 10.6. The number of benzene rings is 3. The molecule has 63 heavy (non-hydrogen) atoms. The first-order valence-electron chi connectivity index (χ1n) is 18.1. The highest BCUT2D eigenvalue weighted by molar-refractivity contribution is 7.90. The fraction of sp³-hybridized carbons (Fsp3) is 0.205. The molecule has 0 bridgehead atoms. The highest BCUT2D eigenvalue weighted by Crippen LogP contribution is 2.33. The maximum Gasteiger partial charge on any atom is 0.350 e. The number of rotatable bonds is 11. The molecule has 0 atom stereocenters. The van der Waals surface area contributed by atoms with Crippen LogP contribution in [0.15, 0.2) is 76.6 Å². The minimum atomic E-state index is -4.43. The Bertz CT molecular complexity index is 2910. The number of fused-ring (bicyclic) bond motifs is 2. The summed E-state index contributed by atoms with van der Waals surface area (Å²) in [5.41, 5.74) is 0.323. The number of aromatic carboxylic acids is 1. The van der Waals surface area contributed by atoms with Gasteiger partial charge in [0.05, 0.1) is 33.4 Å². The van der Waals surface area contributed by atoms with E-state index in [4.69, 9.17) is 65.6 Å². The van der Waals surface area contributed by atoms with Crippen molar-refractivity contribution in [1.82, 2.24) is 39.0 Å². The van der Waals surface area contributed by atoms with Gasteiger partial charge in [0.2, 0.25) is 5.95 Å². The first-order chi connectivity index (χ1) is 30.0. The van der Waals surface area contributed by atoms with E-state index in [1.54, 1.807) is 45.8 Å². The van der Waals surface area contributed by atoms with Gasteiger partial charge in [0, 0.05) is 30.6 Å². The third kappa shape index (κ3) is 12.1. The van der Waals surface area contributed by atoms with E-state index in [2.05, 4.69) is 36.3 Å². The Morgan fingerprint density at radius 1 is 0.937 bits per heavy atom. The number of urea groups is 1. The number of terminal acetylenes is 1. The van der Waals surface area contributed by atoms with Crippen LogP contribution in [0.4, 0.5) is 10.7 Å². The predicted molar refractivity (Wildman–Crippen MR) is 229 cm³/mol. The van der Waals surface area contributed by atoms with E-state index in [0.717, 1.165) is 42.6 Å². The van der Waals surface area contributed by atoms with Crippen LogP contribution < -0.4 is 29.9 Å². The number of nitrogens with one attached hydrogen (secondary N) is 2. The predicted octanol–water partition coefficient (Wildman–Crippen LogP) is 5.44. The average molecular weight is 943 g/mol. The van der Waals surface area contributed by atoms with Gasteiger partial charge in [-0.05, 0) is 62.2 Å². The fourth-order valence-corrected chi connectivity index (χ4v) is 7.46. The molecule has 3 aromatic carbocycles. The molecule has 2 amide bonds. The highest BCUT2D eigenvalue weighted by Gasteiger charge is 2.25. The lowest BCUT2D eigenvalue weighted by molar-refractivity contribution is -0.139. The van der Waals surface area contributed by atoms with Crippen molar-refractivity contribution in [2.24, 2.45) is 0 Å². The standard InChI is InChI=1S/C15H13Cl2N3O2.C13H13N5O6S.C11H8ClNO3/c1-2-7-22-13-9-12(10(16)8-11(13)17)20-15(21)19-6-4-3-5-14(19)18-20;1-7-14-11(17-13(15-7)24-2)16-12(21)18-25(22,23)9-6-4-3-5-8(9)10(19)20;12-8-3-4-9(16-6-10(14)15)11-7(8)2-1-5-13-11/h1,8-9H,3-7H2;3-6H,1-2H3,(H,19,20)(H2,14,15,16,17,18,21);1-5H,6H2,(H,14,15). The maximum absolute atomic E-state index is 12.5. The number of carbonyl (C=O) groups excluding carboxylic acids is 1. The van der Waals surface area contributed by atoms with Gasteiger partial charge in [0.1, 0.15) is 40.2 Å². The molecule has 4 N–H and O–H groups in total. The molecule has 4 heterocycles. The van der Waals surface area contributed by atoms with Crippen molar-refractivity contribution in [3.8, 4) is 35.5 Å². The number of anilines is 1. The molecule has 0 radical (unpaired) electrons. The van der Waals surface area contributed by atoms with Crippen LogP contribution in [0.1, 0.15) is 34.8 Å². The molecule has 0 saturated heterocycles. The molecule has 24 heteroatoms. The molecular weight excluding hydrogens is 909 g/mol. The van der Waals surface area contributed by atoms with E-state index >= 15 is 0 Å². The highest BCUT2D eigenvalue weighted by atomic mass is 35.5. The zero-order valence-electron chi connectivity index (χ0n) is 32.9. The number of methoxy groups -OCH3 is 1. The van der Waals surface area contributed by atoms with E-state index < -0.39 is 45.1 Å². The summed E-state index contributed by atoms with van der Waals surface area (Å²) in [6.45, 7) is 1.88. The first-order valence-corrected chi connectivity index (χ1v) is 20.7. The molecule has 0 spiro atoms. The number of aliphatic carboxylic acids is 1. The lowest BCUT2D eigenvalue weighted by atomic mass is 10.2. The van der Waals surface area contributed by atoms with E-state index in [0.29, 0.717) is 44.3 Å². The number of hydrogen-bond acceptors (Lipinski definition) is 14.